The Morgan fingerprint density at radius 1 is 1.30 bits per heavy atom. The Kier molecular flexibility index (Phi) is 6.96. The highest BCUT2D eigenvalue weighted by Gasteiger charge is 2.32. The zero-order chi connectivity index (χ0) is 15.3. The quantitative estimate of drug-likeness (QED) is 0.754. The number of nitrogens with two attached hydrogens (primary N) is 1. The van der Waals surface area contributed by atoms with Crippen molar-refractivity contribution in [2.24, 2.45) is 23.5 Å². The molecule has 0 aromatic carbocycles. The largest absolute Gasteiger partial charge is 0.376 e. The topological polar surface area (TPSA) is 64.3 Å². The maximum Gasteiger partial charge on any atom is 0.236 e. The van der Waals surface area contributed by atoms with E-state index in [-0.39, 0.29) is 24.1 Å². The lowest BCUT2D eigenvalue weighted by atomic mass is 9.75. The van der Waals surface area contributed by atoms with Crippen molar-refractivity contribution in [2.45, 2.75) is 72.1 Å². The Hall–Kier alpha value is -0.610. The van der Waals surface area contributed by atoms with Gasteiger partial charge in [-0.25, -0.2) is 0 Å². The van der Waals surface area contributed by atoms with Gasteiger partial charge >= 0.3 is 0 Å². The molecule has 1 fully saturated rings. The van der Waals surface area contributed by atoms with Crippen LogP contribution in [0.1, 0.15) is 53.9 Å². The summed E-state index contributed by atoms with van der Waals surface area (Å²) in [5.74, 6) is 1.60. The van der Waals surface area contributed by atoms with Gasteiger partial charge in [-0.3, -0.25) is 4.79 Å². The van der Waals surface area contributed by atoms with Crippen LogP contribution in [-0.4, -0.2) is 30.7 Å². The third kappa shape index (κ3) is 5.41. The molecule has 1 saturated carbocycles. The highest BCUT2D eigenvalue weighted by atomic mass is 16.5. The van der Waals surface area contributed by atoms with Crippen molar-refractivity contribution in [3.8, 4) is 0 Å². The van der Waals surface area contributed by atoms with Crippen LogP contribution in [0.5, 0.6) is 0 Å². The lowest BCUT2D eigenvalue weighted by molar-refractivity contribution is -0.123. The SMILES string of the molecule is CC1CCC(C(C)C)C(OCC(NC(C)C)C(N)=O)C1. The fourth-order valence-corrected chi connectivity index (χ4v) is 3.14. The van der Waals surface area contributed by atoms with Gasteiger partial charge in [-0.2, -0.15) is 0 Å². The molecule has 118 valence electrons. The molecule has 0 aliphatic heterocycles. The number of hydrogen-bond acceptors (Lipinski definition) is 3. The minimum absolute atomic E-state index is 0.224. The van der Waals surface area contributed by atoms with Crippen molar-refractivity contribution >= 4 is 5.91 Å². The molecule has 0 bridgehead atoms. The van der Waals surface area contributed by atoms with E-state index in [2.05, 4.69) is 26.1 Å². The van der Waals surface area contributed by atoms with E-state index in [0.29, 0.717) is 24.4 Å². The summed E-state index contributed by atoms with van der Waals surface area (Å²) in [6, 6.07) is -0.165. The molecule has 4 atom stereocenters. The Morgan fingerprint density at radius 3 is 2.45 bits per heavy atom. The van der Waals surface area contributed by atoms with E-state index < -0.39 is 0 Å². The number of amides is 1. The molecule has 1 aliphatic rings. The summed E-state index contributed by atoms with van der Waals surface area (Å²) >= 11 is 0. The molecule has 0 aromatic heterocycles. The third-order valence-corrected chi connectivity index (χ3v) is 4.32. The Bertz CT molecular complexity index is 305. The number of rotatable bonds is 7. The number of hydrogen-bond donors (Lipinski definition) is 2. The molecule has 20 heavy (non-hydrogen) atoms. The monoisotopic (exact) mass is 284 g/mol. The lowest BCUT2D eigenvalue weighted by Crippen LogP contribution is -2.49. The number of ether oxygens (including phenoxy) is 1. The molecule has 4 nitrogen and oxygen atoms in total. The minimum Gasteiger partial charge on any atom is -0.376 e. The van der Waals surface area contributed by atoms with Gasteiger partial charge in [-0.1, -0.05) is 41.0 Å². The van der Waals surface area contributed by atoms with Crippen LogP contribution in [0.25, 0.3) is 0 Å². The summed E-state index contributed by atoms with van der Waals surface area (Å²) in [4.78, 5) is 11.5. The van der Waals surface area contributed by atoms with E-state index in [4.69, 9.17) is 10.5 Å². The van der Waals surface area contributed by atoms with Crippen molar-refractivity contribution in [3.63, 3.8) is 0 Å². The molecular weight excluding hydrogens is 252 g/mol. The number of carbonyl (C=O) groups is 1. The van der Waals surface area contributed by atoms with Crippen molar-refractivity contribution in [1.82, 2.24) is 5.32 Å². The second kappa shape index (κ2) is 7.99. The van der Waals surface area contributed by atoms with E-state index in [1.807, 2.05) is 13.8 Å². The molecule has 3 N–H and O–H groups in total. The summed E-state index contributed by atoms with van der Waals surface area (Å²) < 4.78 is 6.09. The zero-order valence-corrected chi connectivity index (χ0v) is 13.7. The van der Waals surface area contributed by atoms with Crippen LogP contribution < -0.4 is 11.1 Å². The van der Waals surface area contributed by atoms with Crippen molar-refractivity contribution in [2.75, 3.05) is 6.61 Å². The standard InChI is InChI=1S/C16H32N2O2/c1-10(2)13-7-6-12(5)8-15(13)20-9-14(16(17)19)18-11(3)4/h10-15,18H,6-9H2,1-5H3,(H2,17,19). The van der Waals surface area contributed by atoms with Crippen LogP contribution in [0.15, 0.2) is 0 Å². The molecule has 4 unspecified atom stereocenters. The third-order valence-electron chi connectivity index (χ3n) is 4.32. The van der Waals surface area contributed by atoms with Gasteiger partial charge in [0.25, 0.3) is 0 Å². The highest BCUT2D eigenvalue weighted by Crippen LogP contribution is 2.35. The molecule has 1 rings (SSSR count). The summed E-state index contributed by atoms with van der Waals surface area (Å²) in [5.41, 5.74) is 5.44. The average molecular weight is 284 g/mol. The van der Waals surface area contributed by atoms with Crippen LogP contribution in [0, 0.1) is 17.8 Å². The van der Waals surface area contributed by atoms with Gasteiger partial charge in [-0.15, -0.1) is 0 Å². The Balaban J connectivity index is 2.56. The minimum atomic E-state index is -0.389. The molecule has 1 amide bonds. The molecule has 0 saturated heterocycles. The fraction of sp³-hybridized carbons (Fsp3) is 0.938. The normalized spacial score (nSPS) is 28.9. The van der Waals surface area contributed by atoms with E-state index >= 15 is 0 Å². The zero-order valence-electron chi connectivity index (χ0n) is 13.7. The molecule has 0 heterocycles. The van der Waals surface area contributed by atoms with Gasteiger partial charge < -0.3 is 15.8 Å². The smallest absolute Gasteiger partial charge is 0.236 e. The van der Waals surface area contributed by atoms with E-state index in [0.717, 1.165) is 6.42 Å². The summed E-state index contributed by atoms with van der Waals surface area (Å²) in [6.07, 6.45) is 3.86. The van der Waals surface area contributed by atoms with E-state index in [1.165, 1.54) is 12.8 Å². The maximum absolute atomic E-state index is 11.5. The maximum atomic E-state index is 11.5. The second-order valence-corrected chi connectivity index (χ2v) is 6.97. The Morgan fingerprint density at radius 2 is 1.95 bits per heavy atom. The van der Waals surface area contributed by atoms with E-state index in [9.17, 15) is 4.79 Å². The van der Waals surface area contributed by atoms with Crippen LogP contribution >= 0.6 is 0 Å². The first kappa shape index (κ1) is 17.4. The van der Waals surface area contributed by atoms with Crippen molar-refractivity contribution < 1.29 is 9.53 Å². The van der Waals surface area contributed by atoms with Crippen molar-refractivity contribution in [3.05, 3.63) is 0 Å². The fourth-order valence-electron chi connectivity index (χ4n) is 3.14. The van der Waals surface area contributed by atoms with Crippen molar-refractivity contribution in [1.29, 1.82) is 0 Å². The molecule has 1 aliphatic carbocycles. The van der Waals surface area contributed by atoms with Gasteiger partial charge in [0.1, 0.15) is 6.04 Å². The van der Waals surface area contributed by atoms with Gasteiger partial charge in [-0.05, 0) is 30.6 Å². The molecule has 0 radical (unpaired) electrons. The van der Waals surface area contributed by atoms with Crippen LogP contribution in [0.4, 0.5) is 0 Å². The van der Waals surface area contributed by atoms with Gasteiger partial charge in [0.15, 0.2) is 0 Å². The summed E-state index contributed by atoms with van der Waals surface area (Å²) in [5, 5.41) is 3.17. The molecular formula is C16H32N2O2. The van der Waals surface area contributed by atoms with E-state index in [1.54, 1.807) is 0 Å². The summed E-state index contributed by atoms with van der Waals surface area (Å²) in [6.45, 7) is 11.2. The average Bonchev–Trinajstić information content (AvgIpc) is 2.33. The first-order valence-electron chi connectivity index (χ1n) is 7.98. The lowest BCUT2D eigenvalue weighted by Gasteiger charge is -2.37. The molecule has 0 aromatic rings. The van der Waals surface area contributed by atoms with Crippen LogP contribution in [-0.2, 0) is 9.53 Å². The Labute approximate surface area is 123 Å². The molecule has 4 heteroatoms. The van der Waals surface area contributed by atoms with Crippen LogP contribution in [0.3, 0.4) is 0 Å². The highest BCUT2D eigenvalue weighted by molar-refractivity contribution is 5.80. The van der Waals surface area contributed by atoms with Gasteiger partial charge in [0.05, 0.1) is 12.7 Å². The van der Waals surface area contributed by atoms with Crippen LogP contribution in [0.2, 0.25) is 0 Å². The predicted molar refractivity (Wildman–Crippen MR) is 82.3 cm³/mol. The number of carbonyl (C=O) groups excluding carboxylic acids is 1. The second-order valence-electron chi connectivity index (χ2n) is 6.97. The van der Waals surface area contributed by atoms with Gasteiger partial charge in [0, 0.05) is 6.04 Å². The summed E-state index contributed by atoms with van der Waals surface area (Å²) in [7, 11) is 0. The first-order valence-corrected chi connectivity index (χ1v) is 7.98. The van der Waals surface area contributed by atoms with Gasteiger partial charge in [0.2, 0.25) is 5.91 Å². The number of primary amides is 1. The number of nitrogens with one attached hydrogen (secondary N) is 1. The first-order chi connectivity index (χ1) is 9.31. The molecule has 0 spiro atoms. The predicted octanol–water partition coefficient (Wildman–Crippen LogP) is 2.32.